The third-order valence-electron chi connectivity index (χ3n) is 4.54. The minimum Gasteiger partial charge on any atom is -0.507 e. The molecule has 0 spiro atoms. The molecule has 12 nitrogen and oxygen atoms in total. The van der Waals surface area contributed by atoms with Gasteiger partial charge in [0, 0.05) is 26.2 Å². The van der Waals surface area contributed by atoms with E-state index in [9.17, 15) is 19.2 Å². The molecule has 13 heteroatoms. The van der Waals surface area contributed by atoms with Gasteiger partial charge in [0.05, 0.1) is 0 Å². The minimum atomic E-state index is -1.11. The SMILES string of the molecule is O=C(O)c1ccccc1O.O=C(O)c1ccccc1O.O=C(O)c1ccccc1O.O=C(O)c1ccccc1O.[Zr]. The Balaban J connectivity index is 0.000000516. The van der Waals surface area contributed by atoms with Crippen molar-refractivity contribution >= 4 is 23.9 Å². The summed E-state index contributed by atoms with van der Waals surface area (Å²) in [4.78, 5) is 41.0. The van der Waals surface area contributed by atoms with Crippen molar-refractivity contribution < 1.29 is 86.2 Å². The molecule has 4 aromatic rings. The summed E-state index contributed by atoms with van der Waals surface area (Å²) >= 11 is 0. The van der Waals surface area contributed by atoms with Crippen molar-refractivity contribution in [3.05, 3.63) is 119 Å². The van der Waals surface area contributed by atoms with Gasteiger partial charge in [-0.25, -0.2) is 19.2 Å². The molecule has 4 aromatic carbocycles. The van der Waals surface area contributed by atoms with E-state index in [2.05, 4.69) is 0 Å². The normalized spacial score (nSPS) is 8.98. The summed E-state index contributed by atoms with van der Waals surface area (Å²) in [6.07, 6.45) is 0. The van der Waals surface area contributed by atoms with Crippen LogP contribution in [-0.4, -0.2) is 64.7 Å². The van der Waals surface area contributed by atoms with Gasteiger partial charge in [-0.1, -0.05) is 48.5 Å². The van der Waals surface area contributed by atoms with E-state index in [-0.39, 0.29) is 71.5 Å². The van der Waals surface area contributed by atoms with Gasteiger partial charge in [0.15, 0.2) is 0 Å². The fourth-order valence-corrected chi connectivity index (χ4v) is 2.62. The Morgan fingerprint density at radius 1 is 0.341 bits per heavy atom. The van der Waals surface area contributed by atoms with Gasteiger partial charge in [-0.15, -0.1) is 0 Å². The fraction of sp³-hybridized carbons (Fsp3) is 0. The van der Waals surface area contributed by atoms with Crippen LogP contribution in [0.25, 0.3) is 0 Å². The molecule has 0 aromatic heterocycles. The Bertz CT molecular complexity index is 1250. The van der Waals surface area contributed by atoms with Gasteiger partial charge in [-0.05, 0) is 48.5 Å². The molecule has 0 aliphatic carbocycles. The second-order valence-electron chi connectivity index (χ2n) is 7.29. The van der Waals surface area contributed by atoms with Gasteiger partial charge in [0.2, 0.25) is 0 Å². The monoisotopic (exact) mass is 642 g/mol. The Hall–Kier alpha value is -5.16. The van der Waals surface area contributed by atoms with Crippen LogP contribution in [0.1, 0.15) is 41.4 Å². The zero-order valence-corrected chi connectivity index (χ0v) is 23.4. The molecule has 0 atom stereocenters. The summed E-state index contributed by atoms with van der Waals surface area (Å²) in [5.41, 5.74) is -0.269. The van der Waals surface area contributed by atoms with Crippen LogP contribution >= 0.6 is 0 Å². The van der Waals surface area contributed by atoms with Crippen molar-refractivity contribution in [3.8, 4) is 23.0 Å². The van der Waals surface area contributed by atoms with Crippen LogP contribution in [0.4, 0.5) is 0 Å². The molecular formula is C28H24O12Zr. The number of benzene rings is 4. The van der Waals surface area contributed by atoms with Crippen molar-refractivity contribution in [1.29, 1.82) is 0 Å². The molecule has 0 radical (unpaired) electrons. The second kappa shape index (κ2) is 18.2. The number of carboxylic acid groups (broad SMARTS) is 4. The molecule has 0 fully saturated rings. The van der Waals surface area contributed by atoms with Gasteiger partial charge in [0.1, 0.15) is 45.3 Å². The Kier molecular flexibility index (Phi) is 15.9. The Labute approximate surface area is 251 Å². The van der Waals surface area contributed by atoms with Crippen molar-refractivity contribution in [2.45, 2.75) is 0 Å². The average molecular weight is 644 g/mol. The van der Waals surface area contributed by atoms with Crippen LogP contribution in [0.15, 0.2) is 97.1 Å². The number of aromatic carboxylic acids is 4. The van der Waals surface area contributed by atoms with Crippen LogP contribution in [0, 0.1) is 0 Å². The molecule has 0 amide bonds. The summed E-state index contributed by atoms with van der Waals surface area (Å²) in [5, 5.41) is 69.2. The molecule has 4 rings (SSSR count). The quantitative estimate of drug-likeness (QED) is 0.155. The maximum atomic E-state index is 10.3. The van der Waals surface area contributed by atoms with E-state index in [4.69, 9.17) is 40.9 Å². The van der Waals surface area contributed by atoms with E-state index in [0.717, 1.165) is 0 Å². The molecule has 0 unspecified atom stereocenters. The third-order valence-corrected chi connectivity index (χ3v) is 4.54. The minimum absolute atomic E-state index is 0. The van der Waals surface area contributed by atoms with Crippen molar-refractivity contribution in [2.75, 3.05) is 0 Å². The van der Waals surface area contributed by atoms with E-state index < -0.39 is 23.9 Å². The number of hydrogen-bond acceptors (Lipinski definition) is 8. The maximum absolute atomic E-state index is 10.3. The van der Waals surface area contributed by atoms with Gasteiger partial charge >= 0.3 is 23.9 Å². The largest absolute Gasteiger partial charge is 0.507 e. The molecule has 212 valence electrons. The number of carboxylic acids is 4. The van der Waals surface area contributed by atoms with Crippen molar-refractivity contribution in [1.82, 2.24) is 0 Å². The molecule has 0 aliphatic heterocycles. The van der Waals surface area contributed by atoms with Gasteiger partial charge in [-0.2, -0.15) is 0 Å². The zero-order valence-electron chi connectivity index (χ0n) is 20.9. The number of aromatic hydroxyl groups is 4. The average Bonchev–Trinajstić information content (AvgIpc) is 2.90. The summed E-state index contributed by atoms with van der Waals surface area (Å²) in [6, 6.07) is 23.2. The number of carbonyl (C=O) groups is 4. The predicted molar refractivity (Wildman–Crippen MR) is 140 cm³/mol. The second-order valence-corrected chi connectivity index (χ2v) is 7.29. The number of para-hydroxylation sites is 4. The van der Waals surface area contributed by atoms with E-state index >= 15 is 0 Å². The first kappa shape index (κ1) is 35.8. The number of rotatable bonds is 4. The molecule has 8 N–H and O–H groups in total. The van der Waals surface area contributed by atoms with E-state index in [1.807, 2.05) is 0 Å². The summed E-state index contributed by atoms with van der Waals surface area (Å²) < 4.78 is 0. The third kappa shape index (κ3) is 12.5. The zero-order chi connectivity index (χ0) is 30.2. The van der Waals surface area contributed by atoms with Crippen molar-refractivity contribution in [3.63, 3.8) is 0 Å². The van der Waals surface area contributed by atoms with E-state index in [0.29, 0.717) is 0 Å². The van der Waals surface area contributed by atoms with Crippen LogP contribution in [-0.2, 0) is 26.2 Å². The molecule has 0 aliphatic rings. The fourth-order valence-electron chi connectivity index (χ4n) is 2.62. The number of hydrogen-bond donors (Lipinski definition) is 8. The summed E-state index contributed by atoms with van der Waals surface area (Å²) in [6.45, 7) is 0. The first-order valence-electron chi connectivity index (χ1n) is 10.9. The Morgan fingerprint density at radius 3 is 0.585 bits per heavy atom. The molecule has 41 heavy (non-hydrogen) atoms. The maximum Gasteiger partial charge on any atom is 0.339 e. The molecular weight excluding hydrogens is 620 g/mol. The van der Waals surface area contributed by atoms with Crippen LogP contribution in [0.2, 0.25) is 0 Å². The smallest absolute Gasteiger partial charge is 0.339 e. The predicted octanol–water partition coefficient (Wildman–Crippen LogP) is 4.36. The van der Waals surface area contributed by atoms with Gasteiger partial charge in [0.25, 0.3) is 0 Å². The standard InChI is InChI=1S/4C7H6O3.Zr/c4*8-6-4-2-1-3-5(6)7(9)10;/h4*1-4,8H,(H,9,10);. The summed E-state index contributed by atoms with van der Waals surface area (Å²) in [5.74, 6) is -5.25. The van der Waals surface area contributed by atoms with E-state index in [1.165, 1.54) is 48.5 Å². The Morgan fingerprint density at radius 2 is 0.488 bits per heavy atom. The molecule has 0 bridgehead atoms. The van der Waals surface area contributed by atoms with Crippen LogP contribution in [0.5, 0.6) is 23.0 Å². The summed E-state index contributed by atoms with van der Waals surface area (Å²) in [7, 11) is 0. The number of phenols is 4. The van der Waals surface area contributed by atoms with Gasteiger partial charge in [-0.3, -0.25) is 0 Å². The van der Waals surface area contributed by atoms with Crippen molar-refractivity contribution in [2.24, 2.45) is 0 Å². The molecule has 0 saturated carbocycles. The van der Waals surface area contributed by atoms with E-state index in [1.54, 1.807) is 48.5 Å². The molecule has 0 saturated heterocycles. The first-order valence-corrected chi connectivity index (χ1v) is 10.9. The van der Waals surface area contributed by atoms with Crippen LogP contribution < -0.4 is 0 Å². The molecule has 0 heterocycles. The van der Waals surface area contributed by atoms with Crippen LogP contribution in [0.3, 0.4) is 0 Å². The first-order chi connectivity index (χ1) is 18.9. The van der Waals surface area contributed by atoms with Gasteiger partial charge < -0.3 is 40.9 Å². The topological polar surface area (TPSA) is 230 Å².